The van der Waals surface area contributed by atoms with Gasteiger partial charge in [0.05, 0.1) is 0 Å². The zero-order valence-electron chi connectivity index (χ0n) is 14.6. The molecule has 2 aromatic rings. The molecule has 1 aromatic heterocycles. The van der Waals surface area contributed by atoms with Gasteiger partial charge in [-0.15, -0.1) is 10.2 Å². The highest BCUT2D eigenvalue weighted by Crippen LogP contribution is 2.40. The van der Waals surface area contributed by atoms with Crippen LogP contribution in [0, 0.1) is 11.3 Å². The average Bonchev–Trinajstić information content (AvgIpc) is 3.27. The van der Waals surface area contributed by atoms with Crippen LogP contribution in [0.4, 0.5) is 0 Å². The van der Waals surface area contributed by atoms with Crippen molar-refractivity contribution in [1.29, 1.82) is 0 Å². The van der Waals surface area contributed by atoms with Gasteiger partial charge in [0, 0.05) is 24.6 Å². The topological polar surface area (TPSA) is 74.8 Å². The number of amides is 1. The molecule has 0 bridgehead atoms. The Morgan fingerprint density at radius 1 is 1.33 bits per heavy atom. The predicted molar refractivity (Wildman–Crippen MR) is 91.8 cm³/mol. The minimum absolute atomic E-state index is 0.222. The van der Waals surface area contributed by atoms with Crippen molar-refractivity contribution in [3.8, 4) is 11.4 Å². The van der Waals surface area contributed by atoms with E-state index >= 15 is 0 Å². The molecule has 6 nitrogen and oxygen atoms in total. The summed E-state index contributed by atoms with van der Waals surface area (Å²) in [5.74, 6) is 1.29. The van der Waals surface area contributed by atoms with Crippen LogP contribution in [0.1, 0.15) is 45.1 Å². The number of nitrogens with one attached hydrogen (secondary N) is 1. The smallest absolute Gasteiger partial charge is 0.228 e. The molecule has 1 saturated carbocycles. The summed E-state index contributed by atoms with van der Waals surface area (Å²) in [5.41, 5.74) is 1.67. The van der Waals surface area contributed by atoms with Gasteiger partial charge in [0.25, 0.3) is 0 Å². The number of benzene rings is 1. The highest BCUT2D eigenvalue weighted by molar-refractivity contribution is 5.82. The average molecular weight is 327 g/mol. The molecular formula is C18H25N5O. The molecule has 1 amide bonds. The third kappa shape index (κ3) is 3.32. The molecule has 1 fully saturated rings. The van der Waals surface area contributed by atoms with Crippen LogP contribution in [0.5, 0.6) is 0 Å². The molecule has 1 heterocycles. The lowest BCUT2D eigenvalue weighted by molar-refractivity contribution is -0.142. The zero-order valence-corrected chi connectivity index (χ0v) is 14.6. The van der Waals surface area contributed by atoms with E-state index in [1.54, 1.807) is 0 Å². The number of rotatable bonds is 5. The molecule has 1 aromatic carbocycles. The first-order chi connectivity index (χ1) is 11.5. The lowest BCUT2D eigenvalue weighted by Gasteiger charge is -2.34. The van der Waals surface area contributed by atoms with E-state index in [1.165, 1.54) is 25.7 Å². The van der Waals surface area contributed by atoms with Crippen LogP contribution in [0.2, 0.25) is 0 Å². The molecule has 0 saturated heterocycles. The van der Waals surface area contributed by atoms with E-state index in [4.69, 9.17) is 0 Å². The molecule has 0 aliphatic heterocycles. The Balaban J connectivity index is 1.71. The summed E-state index contributed by atoms with van der Waals surface area (Å²) in [6.45, 7) is 4.77. The molecule has 24 heavy (non-hydrogen) atoms. The van der Waals surface area contributed by atoms with E-state index in [1.807, 2.05) is 36.2 Å². The Kier molecular flexibility index (Phi) is 4.64. The standard InChI is InChI=1S/C18H25N5O/c1-18(2,15-9-4-5-10-15)17(24)23(3)12-13-7-6-8-14(11-13)16-19-21-22-20-16/h6-8,11,15H,4-5,9-10,12H2,1-3H3,(H,19,20,21,22). The molecule has 0 atom stereocenters. The van der Waals surface area contributed by atoms with Gasteiger partial charge in [-0.3, -0.25) is 4.79 Å². The van der Waals surface area contributed by atoms with E-state index in [-0.39, 0.29) is 11.3 Å². The number of H-pyrrole nitrogens is 1. The number of aromatic nitrogens is 4. The maximum Gasteiger partial charge on any atom is 0.228 e. The molecular weight excluding hydrogens is 302 g/mol. The maximum atomic E-state index is 13.0. The monoisotopic (exact) mass is 327 g/mol. The van der Waals surface area contributed by atoms with Crippen molar-refractivity contribution in [2.45, 2.75) is 46.1 Å². The summed E-state index contributed by atoms with van der Waals surface area (Å²) >= 11 is 0. The Bertz CT molecular complexity index is 689. The lowest BCUT2D eigenvalue weighted by Crippen LogP contribution is -2.42. The zero-order chi connectivity index (χ0) is 17.2. The summed E-state index contributed by atoms with van der Waals surface area (Å²) in [5, 5.41) is 14.1. The summed E-state index contributed by atoms with van der Waals surface area (Å²) < 4.78 is 0. The number of aromatic amines is 1. The maximum absolute atomic E-state index is 13.0. The minimum Gasteiger partial charge on any atom is -0.341 e. The van der Waals surface area contributed by atoms with Gasteiger partial charge >= 0.3 is 0 Å². The van der Waals surface area contributed by atoms with E-state index in [0.717, 1.165) is 11.1 Å². The Labute approximate surface area is 142 Å². The second-order valence-corrected chi connectivity index (χ2v) is 7.30. The van der Waals surface area contributed by atoms with Crippen LogP contribution in [-0.4, -0.2) is 38.5 Å². The highest BCUT2D eigenvalue weighted by Gasteiger charge is 2.39. The van der Waals surface area contributed by atoms with Crippen molar-refractivity contribution < 1.29 is 4.79 Å². The Hall–Kier alpha value is -2.24. The third-order valence-corrected chi connectivity index (χ3v) is 5.22. The van der Waals surface area contributed by atoms with Crippen molar-refractivity contribution >= 4 is 5.91 Å². The quantitative estimate of drug-likeness (QED) is 0.916. The van der Waals surface area contributed by atoms with Crippen LogP contribution >= 0.6 is 0 Å². The number of carbonyl (C=O) groups excluding carboxylic acids is 1. The van der Waals surface area contributed by atoms with Crippen LogP contribution in [-0.2, 0) is 11.3 Å². The van der Waals surface area contributed by atoms with Gasteiger partial charge in [0.1, 0.15) is 0 Å². The molecule has 0 spiro atoms. The van der Waals surface area contributed by atoms with Gasteiger partial charge in [-0.05, 0) is 35.6 Å². The largest absolute Gasteiger partial charge is 0.341 e. The molecule has 6 heteroatoms. The summed E-state index contributed by atoms with van der Waals surface area (Å²) in [6.07, 6.45) is 4.83. The molecule has 1 N–H and O–H groups in total. The van der Waals surface area contributed by atoms with Crippen molar-refractivity contribution in [1.82, 2.24) is 25.5 Å². The van der Waals surface area contributed by atoms with E-state index < -0.39 is 0 Å². The molecule has 0 radical (unpaired) electrons. The van der Waals surface area contributed by atoms with Gasteiger partial charge in [-0.1, -0.05) is 44.9 Å². The van der Waals surface area contributed by atoms with E-state index in [9.17, 15) is 4.79 Å². The van der Waals surface area contributed by atoms with Gasteiger partial charge in [-0.2, -0.15) is 5.21 Å². The van der Waals surface area contributed by atoms with Crippen LogP contribution in [0.15, 0.2) is 24.3 Å². The number of hydrogen-bond donors (Lipinski definition) is 1. The first kappa shape index (κ1) is 16.6. The van der Waals surface area contributed by atoms with Crippen molar-refractivity contribution in [3.63, 3.8) is 0 Å². The lowest BCUT2D eigenvalue weighted by atomic mass is 9.76. The molecule has 128 valence electrons. The van der Waals surface area contributed by atoms with Gasteiger partial charge in [0.15, 0.2) is 0 Å². The second kappa shape index (κ2) is 6.71. The summed E-state index contributed by atoms with van der Waals surface area (Å²) in [6, 6.07) is 7.94. The van der Waals surface area contributed by atoms with Crippen molar-refractivity contribution in [3.05, 3.63) is 29.8 Å². The molecule has 3 rings (SSSR count). The minimum atomic E-state index is -0.295. The van der Waals surface area contributed by atoms with Gasteiger partial charge < -0.3 is 4.90 Å². The Morgan fingerprint density at radius 2 is 2.08 bits per heavy atom. The fourth-order valence-electron chi connectivity index (χ4n) is 3.75. The van der Waals surface area contributed by atoms with E-state index in [0.29, 0.717) is 18.3 Å². The van der Waals surface area contributed by atoms with Crippen molar-refractivity contribution in [2.75, 3.05) is 7.05 Å². The number of nitrogens with zero attached hydrogens (tertiary/aromatic N) is 4. The fourth-order valence-corrected chi connectivity index (χ4v) is 3.75. The van der Waals surface area contributed by atoms with Crippen LogP contribution < -0.4 is 0 Å². The summed E-state index contributed by atoms with van der Waals surface area (Å²) in [7, 11) is 1.89. The van der Waals surface area contributed by atoms with Crippen LogP contribution in [0.3, 0.4) is 0 Å². The number of hydrogen-bond acceptors (Lipinski definition) is 4. The van der Waals surface area contributed by atoms with Crippen LogP contribution in [0.25, 0.3) is 11.4 Å². The molecule has 0 unspecified atom stereocenters. The SMILES string of the molecule is CN(Cc1cccc(-c2nn[nH]n2)c1)C(=O)C(C)(C)C1CCCC1. The first-order valence-corrected chi connectivity index (χ1v) is 8.57. The first-order valence-electron chi connectivity index (χ1n) is 8.57. The highest BCUT2D eigenvalue weighted by atomic mass is 16.2. The second-order valence-electron chi connectivity index (χ2n) is 7.30. The summed E-state index contributed by atoms with van der Waals surface area (Å²) in [4.78, 5) is 14.8. The predicted octanol–water partition coefficient (Wildman–Crippen LogP) is 3.04. The third-order valence-electron chi connectivity index (χ3n) is 5.22. The Morgan fingerprint density at radius 3 is 2.75 bits per heavy atom. The molecule has 1 aliphatic carbocycles. The van der Waals surface area contributed by atoms with E-state index in [2.05, 4.69) is 34.5 Å². The fraction of sp³-hybridized carbons (Fsp3) is 0.556. The van der Waals surface area contributed by atoms with Gasteiger partial charge in [0.2, 0.25) is 11.7 Å². The van der Waals surface area contributed by atoms with Gasteiger partial charge in [-0.25, -0.2) is 0 Å². The number of carbonyl (C=O) groups is 1. The normalized spacial score (nSPS) is 15.6. The number of tetrazole rings is 1. The van der Waals surface area contributed by atoms with Crippen molar-refractivity contribution in [2.24, 2.45) is 11.3 Å². The molecule has 1 aliphatic rings.